The number of carbonyl (C=O) groups excluding carboxylic acids is 1. The molecule has 4 rings (SSSR count). The Morgan fingerprint density at radius 1 is 1.00 bits per heavy atom. The van der Waals surface area contributed by atoms with E-state index in [4.69, 9.17) is 9.47 Å². The molecule has 10 nitrogen and oxygen atoms in total. The molecular formula is C28H32N4O6S. The van der Waals surface area contributed by atoms with Crippen LogP contribution in [0.3, 0.4) is 0 Å². The Morgan fingerprint density at radius 3 is 2.38 bits per heavy atom. The Hall–Kier alpha value is -3.96. The lowest BCUT2D eigenvalue weighted by Gasteiger charge is -2.20. The van der Waals surface area contributed by atoms with Gasteiger partial charge in [0, 0.05) is 23.9 Å². The Balaban J connectivity index is 1.48. The van der Waals surface area contributed by atoms with Crippen molar-refractivity contribution >= 4 is 21.7 Å². The number of aromatic nitrogens is 3. The molecule has 0 saturated heterocycles. The number of hydrogen-bond donors (Lipinski definition) is 1. The minimum Gasteiger partial charge on any atom is -0.491 e. The van der Waals surface area contributed by atoms with E-state index in [9.17, 15) is 13.2 Å². The first kappa shape index (κ1) is 28.1. The van der Waals surface area contributed by atoms with E-state index in [2.05, 4.69) is 19.6 Å². The van der Waals surface area contributed by atoms with Crippen LogP contribution in [0.15, 0.2) is 61.1 Å². The summed E-state index contributed by atoms with van der Waals surface area (Å²) in [7, 11) is -3.49. The summed E-state index contributed by atoms with van der Waals surface area (Å²) in [5.41, 5.74) is 5.95. The van der Waals surface area contributed by atoms with Gasteiger partial charge < -0.3 is 14.8 Å². The number of fused-ring (bicyclic) bond motifs is 1. The fourth-order valence-corrected chi connectivity index (χ4v) is 4.29. The lowest BCUT2D eigenvalue weighted by atomic mass is 10.0. The van der Waals surface area contributed by atoms with Crippen LogP contribution in [0.4, 0.5) is 4.79 Å². The van der Waals surface area contributed by atoms with Crippen molar-refractivity contribution in [3.63, 3.8) is 0 Å². The number of carbonyl (C=O) groups is 1. The summed E-state index contributed by atoms with van der Waals surface area (Å²) in [4.78, 5) is 16.6. The molecule has 0 saturated carbocycles. The van der Waals surface area contributed by atoms with Crippen LogP contribution < -0.4 is 10.1 Å². The van der Waals surface area contributed by atoms with Crippen molar-refractivity contribution in [3.8, 4) is 28.1 Å². The Labute approximate surface area is 228 Å². The van der Waals surface area contributed by atoms with Crippen molar-refractivity contribution in [3.05, 3.63) is 72.2 Å². The molecule has 0 bridgehead atoms. The Kier molecular flexibility index (Phi) is 8.22. The number of aryl methyl sites for hydroxylation is 1. The van der Waals surface area contributed by atoms with Gasteiger partial charge in [0.15, 0.2) is 0 Å². The summed E-state index contributed by atoms with van der Waals surface area (Å²) in [5.74, 6) is 0.608. The quantitative estimate of drug-likeness (QED) is 0.233. The van der Waals surface area contributed by atoms with Gasteiger partial charge in [-0.05, 0) is 68.7 Å². The summed E-state index contributed by atoms with van der Waals surface area (Å²) in [6.07, 6.45) is 4.00. The van der Waals surface area contributed by atoms with Crippen LogP contribution in [0, 0.1) is 6.92 Å². The molecule has 0 unspecified atom stereocenters. The SMILES string of the molecule is Cc1cc(-c2ncnn3cc(-c4ccc(OCCOS(C)(=O)=O)cc4)cc23)ccc1CNC(=O)OC(C)(C)C. The van der Waals surface area contributed by atoms with Crippen LogP contribution >= 0.6 is 0 Å². The molecule has 39 heavy (non-hydrogen) atoms. The van der Waals surface area contributed by atoms with Crippen molar-refractivity contribution in [2.24, 2.45) is 0 Å². The normalized spacial score (nSPS) is 11.9. The molecule has 0 fully saturated rings. The van der Waals surface area contributed by atoms with Crippen molar-refractivity contribution in [1.29, 1.82) is 0 Å². The maximum atomic E-state index is 12.0. The average molecular weight is 553 g/mol. The van der Waals surface area contributed by atoms with Gasteiger partial charge in [-0.1, -0.05) is 24.3 Å². The van der Waals surface area contributed by atoms with Crippen molar-refractivity contribution in [2.75, 3.05) is 19.5 Å². The third-order valence-corrected chi connectivity index (χ3v) is 6.28. The summed E-state index contributed by atoms with van der Waals surface area (Å²) >= 11 is 0. The number of nitrogens with zero attached hydrogens (tertiary/aromatic N) is 3. The molecule has 0 radical (unpaired) electrons. The molecule has 0 spiro atoms. The second-order valence-electron chi connectivity index (χ2n) is 10.1. The maximum Gasteiger partial charge on any atom is 0.407 e. The first-order valence-corrected chi connectivity index (χ1v) is 14.2. The molecular weight excluding hydrogens is 520 g/mol. The van der Waals surface area contributed by atoms with Crippen molar-refractivity contribution in [1.82, 2.24) is 19.9 Å². The topological polar surface area (TPSA) is 121 Å². The van der Waals surface area contributed by atoms with Gasteiger partial charge in [0.25, 0.3) is 10.1 Å². The fourth-order valence-electron chi connectivity index (χ4n) is 3.92. The van der Waals surface area contributed by atoms with Gasteiger partial charge in [0.1, 0.15) is 30.9 Å². The number of hydrogen-bond acceptors (Lipinski definition) is 8. The highest BCUT2D eigenvalue weighted by atomic mass is 32.2. The van der Waals surface area contributed by atoms with Crippen LogP contribution in [-0.2, 0) is 25.6 Å². The lowest BCUT2D eigenvalue weighted by Crippen LogP contribution is -2.32. The van der Waals surface area contributed by atoms with Gasteiger partial charge >= 0.3 is 6.09 Å². The van der Waals surface area contributed by atoms with E-state index in [0.29, 0.717) is 12.3 Å². The number of rotatable bonds is 9. The van der Waals surface area contributed by atoms with E-state index in [1.54, 1.807) is 4.52 Å². The predicted octanol–water partition coefficient (Wildman–Crippen LogP) is 4.75. The summed E-state index contributed by atoms with van der Waals surface area (Å²) < 4.78 is 39.4. The van der Waals surface area contributed by atoms with E-state index in [-0.39, 0.29) is 13.2 Å². The standard InChI is InChI=1S/C28H32N4O6S/c1-19-14-21(6-7-22(19)16-29-27(33)38-28(2,3)4)26-25-15-23(17-32(25)31-18-30-26)20-8-10-24(11-9-20)36-12-13-37-39(5,34)35/h6-11,14-15,17-18H,12-13,16H2,1-5H3,(H,29,33). The van der Waals surface area contributed by atoms with Crippen LogP contribution in [-0.4, -0.2) is 54.2 Å². The first-order valence-electron chi connectivity index (χ1n) is 12.4. The van der Waals surface area contributed by atoms with Gasteiger partial charge in [-0.15, -0.1) is 0 Å². The van der Waals surface area contributed by atoms with Gasteiger partial charge in [0.2, 0.25) is 0 Å². The van der Waals surface area contributed by atoms with Crippen LogP contribution in [0.2, 0.25) is 0 Å². The van der Waals surface area contributed by atoms with E-state index < -0.39 is 21.8 Å². The van der Waals surface area contributed by atoms with E-state index in [1.807, 2.05) is 82.4 Å². The monoisotopic (exact) mass is 552 g/mol. The molecule has 1 N–H and O–H groups in total. The predicted molar refractivity (Wildman–Crippen MR) is 148 cm³/mol. The van der Waals surface area contributed by atoms with E-state index >= 15 is 0 Å². The molecule has 0 aliphatic rings. The zero-order valence-electron chi connectivity index (χ0n) is 22.6. The molecule has 4 aromatic rings. The minimum atomic E-state index is -3.49. The lowest BCUT2D eigenvalue weighted by molar-refractivity contribution is 0.0523. The smallest absolute Gasteiger partial charge is 0.407 e. The summed E-state index contributed by atoms with van der Waals surface area (Å²) in [5, 5.41) is 7.18. The third kappa shape index (κ3) is 7.78. The van der Waals surface area contributed by atoms with Gasteiger partial charge in [-0.25, -0.2) is 14.3 Å². The second-order valence-corrected chi connectivity index (χ2v) is 11.7. The van der Waals surface area contributed by atoms with Crippen LogP contribution in [0.1, 0.15) is 31.9 Å². The third-order valence-electron chi connectivity index (χ3n) is 5.68. The molecule has 11 heteroatoms. The number of benzene rings is 2. The molecule has 206 valence electrons. The number of amides is 1. The Morgan fingerprint density at radius 2 is 1.72 bits per heavy atom. The maximum absolute atomic E-state index is 12.0. The largest absolute Gasteiger partial charge is 0.491 e. The second kappa shape index (κ2) is 11.4. The zero-order chi connectivity index (χ0) is 28.2. The van der Waals surface area contributed by atoms with Gasteiger partial charge in [-0.2, -0.15) is 13.5 Å². The first-order chi connectivity index (χ1) is 18.4. The number of nitrogens with one attached hydrogen (secondary N) is 1. The molecule has 0 aliphatic carbocycles. The Bertz CT molecular complexity index is 1570. The minimum absolute atomic E-state index is 0.0480. The van der Waals surface area contributed by atoms with Crippen LogP contribution in [0.25, 0.3) is 27.9 Å². The van der Waals surface area contributed by atoms with Crippen LogP contribution in [0.5, 0.6) is 5.75 Å². The molecule has 1 amide bonds. The molecule has 0 aliphatic heterocycles. The number of alkyl carbamates (subject to hydrolysis) is 1. The van der Waals surface area contributed by atoms with Gasteiger partial charge in [-0.3, -0.25) is 4.18 Å². The summed E-state index contributed by atoms with van der Waals surface area (Å²) in [6, 6.07) is 15.5. The highest BCUT2D eigenvalue weighted by Crippen LogP contribution is 2.30. The van der Waals surface area contributed by atoms with E-state index in [1.165, 1.54) is 6.33 Å². The molecule has 2 heterocycles. The van der Waals surface area contributed by atoms with E-state index in [0.717, 1.165) is 45.3 Å². The molecule has 2 aromatic carbocycles. The molecule has 0 atom stereocenters. The highest BCUT2D eigenvalue weighted by Gasteiger charge is 2.16. The average Bonchev–Trinajstić information content (AvgIpc) is 3.29. The van der Waals surface area contributed by atoms with Crippen molar-refractivity contribution in [2.45, 2.75) is 39.8 Å². The van der Waals surface area contributed by atoms with Gasteiger partial charge in [0.05, 0.1) is 17.5 Å². The fraction of sp³-hybridized carbons (Fsp3) is 0.321. The number of ether oxygens (including phenoxy) is 2. The highest BCUT2D eigenvalue weighted by molar-refractivity contribution is 7.85. The zero-order valence-corrected chi connectivity index (χ0v) is 23.4. The molecule has 2 aromatic heterocycles. The summed E-state index contributed by atoms with van der Waals surface area (Å²) in [6.45, 7) is 7.91. The van der Waals surface area contributed by atoms with Crippen molar-refractivity contribution < 1.29 is 26.9 Å².